The Balaban J connectivity index is 1.56. The average Bonchev–Trinajstić information content (AvgIpc) is 3.33. The lowest BCUT2D eigenvalue weighted by atomic mass is 10.2. The minimum absolute atomic E-state index is 0.0813. The second-order valence-corrected chi connectivity index (χ2v) is 9.46. The van der Waals surface area contributed by atoms with Gasteiger partial charge in [0.2, 0.25) is 21.8 Å². The Labute approximate surface area is 165 Å². The molecule has 0 spiro atoms. The number of nitrogens with one attached hydrogen (secondary N) is 1. The third kappa shape index (κ3) is 4.53. The molecule has 0 aliphatic carbocycles. The number of carbonyl (C=O) groups excluding carboxylic acids is 2. The van der Waals surface area contributed by atoms with Gasteiger partial charge in [-0.2, -0.15) is 0 Å². The van der Waals surface area contributed by atoms with Gasteiger partial charge in [0.05, 0.1) is 11.0 Å². The van der Waals surface area contributed by atoms with E-state index in [1.54, 1.807) is 17.0 Å². The van der Waals surface area contributed by atoms with Crippen molar-refractivity contribution < 1.29 is 22.7 Å². The maximum absolute atomic E-state index is 12.6. The summed E-state index contributed by atoms with van der Waals surface area (Å²) in [5, 5.41) is 2.82. The molecule has 3 rings (SSSR count). The van der Waals surface area contributed by atoms with Crippen LogP contribution >= 0.6 is 0 Å². The van der Waals surface area contributed by atoms with Gasteiger partial charge in [-0.3, -0.25) is 9.59 Å². The largest absolute Gasteiger partial charge is 0.376 e. The zero-order valence-electron chi connectivity index (χ0n) is 16.3. The first-order chi connectivity index (χ1) is 13.3. The second kappa shape index (κ2) is 8.59. The summed E-state index contributed by atoms with van der Waals surface area (Å²) in [4.78, 5) is 26.4. The number of rotatable bonds is 7. The van der Waals surface area contributed by atoms with E-state index in [1.807, 2.05) is 0 Å². The number of benzene rings is 1. The Morgan fingerprint density at radius 2 is 2.07 bits per heavy atom. The van der Waals surface area contributed by atoms with Crippen LogP contribution in [0.25, 0.3) is 0 Å². The van der Waals surface area contributed by atoms with Crippen LogP contribution in [0.5, 0.6) is 0 Å². The number of amides is 2. The summed E-state index contributed by atoms with van der Waals surface area (Å²) >= 11 is 0. The van der Waals surface area contributed by atoms with Crippen LogP contribution in [0.4, 0.5) is 5.69 Å². The van der Waals surface area contributed by atoms with Crippen molar-refractivity contribution in [1.29, 1.82) is 0 Å². The Kier molecular flexibility index (Phi) is 6.36. The molecule has 28 heavy (non-hydrogen) atoms. The first-order valence-electron chi connectivity index (χ1n) is 9.53. The minimum atomic E-state index is -3.50. The van der Waals surface area contributed by atoms with E-state index in [0.29, 0.717) is 19.5 Å². The zero-order valence-corrected chi connectivity index (χ0v) is 17.1. The highest BCUT2D eigenvalue weighted by atomic mass is 32.2. The lowest BCUT2D eigenvalue weighted by Crippen LogP contribution is -2.34. The maximum Gasteiger partial charge on any atom is 0.242 e. The number of hydrogen-bond donors (Lipinski definition) is 1. The van der Waals surface area contributed by atoms with E-state index >= 15 is 0 Å². The molecule has 0 saturated carbocycles. The Hall–Kier alpha value is -1.97. The van der Waals surface area contributed by atoms with E-state index in [4.69, 9.17) is 4.74 Å². The van der Waals surface area contributed by atoms with E-state index in [-0.39, 0.29) is 35.7 Å². The highest BCUT2D eigenvalue weighted by Crippen LogP contribution is 2.31. The molecule has 1 unspecified atom stereocenters. The molecule has 9 heteroatoms. The van der Waals surface area contributed by atoms with Crippen molar-refractivity contribution in [2.45, 2.75) is 43.1 Å². The molecule has 0 radical (unpaired) electrons. The molecular formula is C19H27N3O5S. The van der Waals surface area contributed by atoms with Crippen LogP contribution in [0.3, 0.4) is 0 Å². The van der Waals surface area contributed by atoms with Gasteiger partial charge in [-0.15, -0.1) is 0 Å². The molecule has 1 atom stereocenters. The van der Waals surface area contributed by atoms with Crippen molar-refractivity contribution in [3.8, 4) is 0 Å². The summed E-state index contributed by atoms with van der Waals surface area (Å²) in [6.07, 6.45) is 2.90. The van der Waals surface area contributed by atoms with Gasteiger partial charge < -0.3 is 15.0 Å². The van der Waals surface area contributed by atoms with Crippen molar-refractivity contribution in [3.05, 3.63) is 23.8 Å². The third-order valence-electron chi connectivity index (χ3n) is 5.14. The maximum atomic E-state index is 12.6. The predicted molar refractivity (Wildman–Crippen MR) is 105 cm³/mol. The van der Waals surface area contributed by atoms with Gasteiger partial charge in [0.15, 0.2) is 0 Å². The van der Waals surface area contributed by atoms with Gasteiger partial charge >= 0.3 is 0 Å². The lowest BCUT2D eigenvalue weighted by Gasteiger charge is -2.18. The molecule has 154 valence electrons. The number of hydrogen-bond acceptors (Lipinski definition) is 5. The van der Waals surface area contributed by atoms with Crippen LogP contribution in [0, 0.1) is 0 Å². The molecule has 2 aliphatic heterocycles. The van der Waals surface area contributed by atoms with E-state index in [1.165, 1.54) is 24.5 Å². The monoisotopic (exact) mass is 409 g/mol. The first kappa shape index (κ1) is 20.8. The minimum Gasteiger partial charge on any atom is -0.376 e. The fourth-order valence-corrected chi connectivity index (χ4v) is 4.44. The zero-order chi connectivity index (χ0) is 20.3. The van der Waals surface area contributed by atoms with E-state index in [9.17, 15) is 18.0 Å². The highest BCUT2D eigenvalue weighted by molar-refractivity contribution is 7.89. The van der Waals surface area contributed by atoms with E-state index in [0.717, 1.165) is 30.7 Å². The fraction of sp³-hybridized carbons (Fsp3) is 0.579. The fourth-order valence-electron chi connectivity index (χ4n) is 3.49. The highest BCUT2D eigenvalue weighted by Gasteiger charge is 2.27. The number of nitrogens with zero attached hydrogens (tertiary/aromatic N) is 2. The van der Waals surface area contributed by atoms with Crippen molar-refractivity contribution in [2.75, 3.05) is 38.7 Å². The third-order valence-corrected chi connectivity index (χ3v) is 6.95. The van der Waals surface area contributed by atoms with Crippen LogP contribution in [-0.4, -0.2) is 64.4 Å². The van der Waals surface area contributed by atoms with Crippen molar-refractivity contribution >= 4 is 27.5 Å². The Morgan fingerprint density at radius 1 is 1.29 bits per heavy atom. The van der Waals surface area contributed by atoms with Crippen molar-refractivity contribution in [1.82, 2.24) is 9.62 Å². The van der Waals surface area contributed by atoms with Crippen molar-refractivity contribution in [2.24, 2.45) is 0 Å². The van der Waals surface area contributed by atoms with Crippen LogP contribution in [0.1, 0.15) is 31.2 Å². The second-order valence-electron chi connectivity index (χ2n) is 7.31. The summed E-state index contributed by atoms with van der Waals surface area (Å²) in [5.41, 5.74) is 1.56. The van der Waals surface area contributed by atoms with Gasteiger partial charge in [-0.1, -0.05) is 0 Å². The molecule has 2 aliphatic rings. The Morgan fingerprint density at radius 3 is 2.75 bits per heavy atom. The number of fused-ring (bicyclic) bond motifs is 1. The smallest absolute Gasteiger partial charge is 0.242 e. The summed E-state index contributed by atoms with van der Waals surface area (Å²) in [6, 6.07) is 4.83. The molecule has 8 nitrogen and oxygen atoms in total. The summed E-state index contributed by atoms with van der Waals surface area (Å²) in [6.45, 7) is 1.73. The molecule has 2 amide bonds. The van der Waals surface area contributed by atoms with E-state index in [2.05, 4.69) is 5.32 Å². The average molecular weight is 410 g/mol. The van der Waals surface area contributed by atoms with E-state index < -0.39 is 10.0 Å². The van der Waals surface area contributed by atoms with Gasteiger partial charge in [-0.25, -0.2) is 12.7 Å². The topological polar surface area (TPSA) is 96.0 Å². The molecule has 1 saturated heterocycles. The quantitative estimate of drug-likeness (QED) is 0.722. The first-order valence-corrected chi connectivity index (χ1v) is 11.0. The van der Waals surface area contributed by atoms with Crippen LogP contribution in [0.2, 0.25) is 0 Å². The van der Waals surface area contributed by atoms with Gasteiger partial charge in [0.1, 0.15) is 0 Å². The molecule has 1 fully saturated rings. The van der Waals surface area contributed by atoms with Crippen LogP contribution in [-0.2, 0) is 30.8 Å². The number of anilines is 1. The number of carbonyl (C=O) groups is 2. The number of sulfonamides is 1. The molecule has 0 aromatic heterocycles. The van der Waals surface area contributed by atoms with Gasteiger partial charge in [-0.05, 0) is 43.0 Å². The molecule has 2 heterocycles. The van der Waals surface area contributed by atoms with Crippen LogP contribution < -0.4 is 10.2 Å². The molecule has 1 aromatic rings. The predicted octanol–water partition coefficient (Wildman–Crippen LogP) is 0.901. The SMILES string of the molecule is CN(C)S(=O)(=O)c1ccc2c(c1)CCN2C(=O)CCC(=O)NCC1CCCO1. The standard InChI is InChI=1S/C19H27N3O5S/c1-21(2)28(25,26)16-5-6-17-14(12-16)9-10-22(17)19(24)8-7-18(23)20-13-15-4-3-11-27-15/h5-6,12,15H,3-4,7-11,13H2,1-2H3,(H,20,23). The van der Waals surface area contributed by atoms with Gasteiger partial charge in [0, 0.05) is 52.3 Å². The number of ether oxygens (including phenoxy) is 1. The summed E-state index contributed by atoms with van der Waals surface area (Å²) < 4.78 is 31.2. The summed E-state index contributed by atoms with van der Waals surface area (Å²) in [7, 11) is -0.528. The lowest BCUT2D eigenvalue weighted by molar-refractivity contribution is -0.125. The summed E-state index contributed by atoms with van der Waals surface area (Å²) in [5.74, 6) is -0.287. The Bertz CT molecular complexity index is 847. The molecule has 0 bridgehead atoms. The van der Waals surface area contributed by atoms with Gasteiger partial charge in [0.25, 0.3) is 0 Å². The normalized spacial score (nSPS) is 19.1. The molecule has 1 N–H and O–H groups in total. The van der Waals surface area contributed by atoms with Crippen LogP contribution in [0.15, 0.2) is 23.1 Å². The molecular weight excluding hydrogens is 382 g/mol. The van der Waals surface area contributed by atoms with Crippen molar-refractivity contribution in [3.63, 3.8) is 0 Å². The molecule has 1 aromatic carbocycles.